The van der Waals surface area contributed by atoms with E-state index in [1.165, 1.54) is 25.7 Å². The quantitative estimate of drug-likeness (QED) is 0.863. The Labute approximate surface area is 157 Å². The Morgan fingerprint density at radius 2 is 1.36 bits per heavy atom. The van der Waals surface area contributed by atoms with E-state index in [-0.39, 0.29) is 0 Å². The molecule has 0 bridgehead atoms. The molecule has 0 radical (unpaired) electrons. The van der Waals surface area contributed by atoms with E-state index in [0.717, 1.165) is 38.1 Å². The van der Waals surface area contributed by atoms with E-state index in [9.17, 15) is 0 Å². The maximum atomic E-state index is 6.27. The van der Waals surface area contributed by atoms with Gasteiger partial charge in [0.2, 0.25) is 17.8 Å². The third-order valence-corrected chi connectivity index (χ3v) is 5.13. The van der Waals surface area contributed by atoms with Crippen LogP contribution < -0.4 is 15.1 Å². The first kappa shape index (κ1) is 16.7. The molecular formula is C17H20Cl2N6. The van der Waals surface area contributed by atoms with Gasteiger partial charge in [0.1, 0.15) is 0 Å². The SMILES string of the molecule is Clc1ccc(Cl)c(Nc2nc(N3CCCC3)nc(N3CCCC3)n2)c1. The van der Waals surface area contributed by atoms with Gasteiger partial charge < -0.3 is 15.1 Å². The van der Waals surface area contributed by atoms with Gasteiger partial charge in [0.25, 0.3) is 0 Å². The normalized spacial score (nSPS) is 17.4. The van der Waals surface area contributed by atoms with Crippen molar-refractivity contribution in [2.24, 2.45) is 0 Å². The minimum absolute atomic E-state index is 0.503. The van der Waals surface area contributed by atoms with Crippen LogP contribution in [0.1, 0.15) is 25.7 Å². The summed E-state index contributed by atoms with van der Waals surface area (Å²) in [4.78, 5) is 18.4. The van der Waals surface area contributed by atoms with Crippen LogP contribution in [-0.2, 0) is 0 Å². The Balaban J connectivity index is 1.68. The van der Waals surface area contributed by atoms with Crippen molar-refractivity contribution >= 4 is 46.7 Å². The molecule has 0 spiro atoms. The molecule has 0 atom stereocenters. The zero-order chi connectivity index (χ0) is 17.2. The van der Waals surface area contributed by atoms with Gasteiger partial charge in [-0.15, -0.1) is 0 Å². The number of nitrogens with zero attached hydrogens (tertiary/aromatic N) is 5. The molecule has 3 heterocycles. The third-order valence-electron chi connectivity index (χ3n) is 4.56. The van der Waals surface area contributed by atoms with Crippen molar-refractivity contribution in [1.29, 1.82) is 0 Å². The highest BCUT2D eigenvalue weighted by molar-refractivity contribution is 6.35. The maximum Gasteiger partial charge on any atom is 0.233 e. The van der Waals surface area contributed by atoms with Gasteiger partial charge in [-0.3, -0.25) is 0 Å². The minimum Gasteiger partial charge on any atom is -0.341 e. The Kier molecular flexibility index (Phi) is 4.81. The summed E-state index contributed by atoms with van der Waals surface area (Å²) in [6.45, 7) is 3.95. The van der Waals surface area contributed by atoms with Crippen molar-refractivity contribution in [2.45, 2.75) is 25.7 Å². The molecule has 1 N–H and O–H groups in total. The second-order valence-electron chi connectivity index (χ2n) is 6.40. The van der Waals surface area contributed by atoms with Crippen molar-refractivity contribution in [1.82, 2.24) is 15.0 Å². The number of benzene rings is 1. The summed E-state index contributed by atoms with van der Waals surface area (Å²) >= 11 is 12.4. The summed E-state index contributed by atoms with van der Waals surface area (Å²) in [6.07, 6.45) is 4.70. The second-order valence-corrected chi connectivity index (χ2v) is 7.24. The molecule has 0 saturated carbocycles. The van der Waals surface area contributed by atoms with Gasteiger partial charge in [0.05, 0.1) is 10.7 Å². The third kappa shape index (κ3) is 3.75. The topological polar surface area (TPSA) is 57.2 Å². The molecule has 6 nitrogen and oxygen atoms in total. The molecule has 2 saturated heterocycles. The summed E-state index contributed by atoms with van der Waals surface area (Å²) in [5.74, 6) is 1.97. The van der Waals surface area contributed by atoms with Crippen LogP contribution >= 0.6 is 23.2 Å². The van der Waals surface area contributed by atoms with Gasteiger partial charge in [-0.05, 0) is 43.9 Å². The van der Waals surface area contributed by atoms with Gasteiger partial charge in [-0.2, -0.15) is 15.0 Å². The van der Waals surface area contributed by atoms with E-state index in [0.29, 0.717) is 21.7 Å². The average molecular weight is 379 g/mol. The number of nitrogens with one attached hydrogen (secondary N) is 1. The fourth-order valence-corrected chi connectivity index (χ4v) is 3.58. The van der Waals surface area contributed by atoms with Crippen LogP contribution in [0.25, 0.3) is 0 Å². The molecule has 2 aliphatic heterocycles. The molecule has 8 heteroatoms. The zero-order valence-electron chi connectivity index (χ0n) is 13.9. The summed E-state index contributed by atoms with van der Waals surface area (Å²) < 4.78 is 0. The van der Waals surface area contributed by atoms with Crippen LogP contribution in [0, 0.1) is 0 Å². The monoisotopic (exact) mass is 378 g/mol. The first-order chi connectivity index (χ1) is 12.2. The van der Waals surface area contributed by atoms with Crippen LogP contribution in [0.3, 0.4) is 0 Å². The highest BCUT2D eigenvalue weighted by Gasteiger charge is 2.21. The Bertz CT molecular complexity index is 723. The van der Waals surface area contributed by atoms with Crippen molar-refractivity contribution in [2.75, 3.05) is 41.3 Å². The van der Waals surface area contributed by atoms with Crippen molar-refractivity contribution < 1.29 is 0 Å². The highest BCUT2D eigenvalue weighted by Crippen LogP contribution is 2.29. The van der Waals surface area contributed by atoms with Crippen LogP contribution in [0.15, 0.2) is 18.2 Å². The zero-order valence-corrected chi connectivity index (χ0v) is 15.4. The van der Waals surface area contributed by atoms with Crippen LogP contribution in [-0.4, -0.2) is 41.1 Å². The molecule has 4 rings (SSSR count). The van der Waals surface area contributed by atoms with E-state index >= 15 is 0 Å². The molecule has 2 aromatic rings. The van der Waals surface area contributed by atoms with Gasteiger partial charge >= 0.3 is 0 Å². The lowest BCUT2D eigenvalue weighted by molar-refractivity contribution is 0.841. The lowest BCUT2D eigenvalue weighted by atomic mass is 10.3. The highest BCUT2D eigenvalue weighted by atomic mass is 35.5. The first-order valence-corrected chi connectivity index (χ1v) is 9.43. The van der Waals surface area contributed by atoms with Gasteiger partial charge in [-0.25, -0.2) is 0 Å². The van der Waals surface area contributed by atoms with Crippen LogP contribution in [0.2, 0.25) is 10.0 Å². The van der Waals surface area contributed by atoms with Crippen LogP contribution in [0.5, 0.6) is 0 Å². The Morgan fingerprint density at radius 3 is 1.92 bits per heavy atom. The van der Waals surface area contributed by atoms with E-state index in [4.69, 9.17) is 28.2 Å². The predicted molar refractivity (Wildman–Crippen MR) is 102 cm³/mol. The standard InChI is InChI=1S/C17H20Cl2N6/c18-12-5-6-13(19)14(11-12)20-15-21-16(24-7-1-2-8-24)23-17(22-15)25-9-3-4-10-25/h5-6,11H,1-4,7-10H2,(H,20,21,22,23). The molecule has 0 aliphatic carbocycles. The largest absolute Gasteiger partial charge is 0.341 e. The predicted octanol–water partition coefficient (Wildman–Crippen LogP) is 4.12. The van der Waals surface area contributed by atoms with Gasteiger partial charge in [0.15, 0.2) is 0 Å². The number of aromatic nitrogens is 3. The summed E-state index contributed by atoms with van der Waals surface area (Å²) in [7, 11) is 0. The minimum atomic E-state index is 0.503. The summed E-state index contributed by atoms with van der Waals surface area (Å²) in [6, 6.07) is 5.29. The Hall–Kier alpha value is -1.79. The number of hydrogen-bond acceptors (Lipinski definition) is 6. The number of anilines is 4. The second kappa shape index (κ2) is 7.22. The number of halogens is 2. The smallest absolute Gasteiger partial charge is 0.233 e. The molecule has 0 unspecified atom stereocenters. The lowest BCUT2D eigenvalue weighted by Gasteiger charge is -2.21. The fraction of sp³-hybridized carbons (Fsp3) is 0.471. The molecule has 2 fully saturated rings. The van der Waals surface area contributed by atoms with Gasteiger partial charge in [-0.1, -0.05) is 23.2 Å². The van der Waals surface area contributed by atoms with E-state index < -0.39 is 0 Å². The molecule has 1 aromatic carbocycles. The fourth-order valence-electron chi connectivity index (χ4n) is 3.24. The maximum absolute atomic E-state index is 6.27. The van der Waals surface area contributed by atoms with Crippen molar-refractivity contribution in [3.8, 4) is 0 Å². The van der Waals surface area contributed by atoms with Crippen molar-refractivity contribution in [3.05, 3.63) is 28.2 Å². The van der Waals surface area contributed by atoms with Crippen LogP contribution in [0.4, 0.5) is 23.5 Å². The summed E-state index contributed by atoms with van der Waals surface area (Å²) in [5, 5.41) is 4.40. The lowest BCUT2D eigenvalue weighted by Crippen LogP contribution is -2.25. The molecular weight excluding hydrogens is 359 g/mol. The van der Waals surface area contributed by atoms with E-state index in [2.05, 4.69) is 25.1 Å². The molecule has 1 aromatic heterocycles. The van der Waals surface area contributed by atoms with Gasteiger partial charge in [0, 0.05) is 31.2 Å². The molecule has 132 valence electrons. The molecule has 2 aliphatic rings. The Morgan fingerprint density at radius 1 is 0.800 bits per heavy atom. The average Bonchev–Trinajstić information content (AvgIpc) is 3.31. The first-order valence-electron chi connectivity index (χ1n) is 8.67. The molecule has 0 amide bonds. The number of rotatable bonds is 4. The summed E-state index contributed by atoms with van der Waals surface area (Å²) in [5.41, 5.74) is 0.695. The molecule has 25 heavy (non-hydrogen) atoms. The van der Waals surface area contributed by atoms with E-state index in [1.807, 2.05) is 0 Å². The van der Waals surface area contributed by atoms with E-state index in [1.54, 1.807) is 18.2 Å². The van der Waals surface area contributed by atoms with Crippen molar-refractivity contribution in [3.63, 3.8) is 0 Å². The number of hydrogen-bond donors (Lipinski definition) is 1.